The number of aliphatic hydroxyl groups is 1. The third-order valence-electron chi connectivity index (χ3n) is 3.28. The van der Waals surface area contributed by atoms with Crippen molar-refractivity contribution in [2.24, 2.45) is 5.41 Å². The number of nitrogens with zero attached hydrogens (tertiary/aromatic N) is 1. The van der Waals surface area contributed by atoms with Crippen LogP contribution in [0.3, 0.4) is 0 Å². The summed E-state index contributed by atoms with van der Waals surface area (Å²) in [5, 5.41) is 12.3. The van der Waals surface area contributed by atoms with Gasteiger partial charge in [0, 0.05) is 24.9 Å². The lowest BCUT2D eigenvalue weighted by Gasteiger charge is -2.29. The first-order valence-corrected chi connectivity index (χ1v) is 6.02. The van der Waals surface area contributed by atoms with Crippen LogP contribution in [0.4, 0.5) is 0 Å². The zero-order chi connectivity index (χ0) is 12.6. The molecule has 4 nitrogen and oxygen atoms in total. The Morgan fingerprint density at radius 2 is 1.88 bits per heavy atom. The molecule has 0 bridgehead atoms. The van der Waals surface area contributed by atoms with E-state index in [-0.39, 0.29) is 17.9 Å². The summed E-state index contributed by atoms with van der Waals surface area (Å²) >= 11 is 0. The Labute approximate surface area is 99.0 Å². The molecule has 0 rings (SSSR count). The number of carbonyl (C=O) groups excluding carboxylic acids is 1. The number of hydrogen-bond acceptors (Lipinski definition) is 3. The summed E-state index contributed by atoms with van der Waals surface area (Å²) in [7, 11) is 3.90. The van der Waals surface area contributed by atoms with E-state index in [4.69, 9.17) is 0 Å². The van der Waals surface area contributed by atoms with E-state index in [1.165, 1.54) is 0 Å². The van der Waals surface area contributed by atoms with Crippen LogP contribution in [-0.2, 0) is 4.79 Å². The van der Waals surface area contributed by atoms with Crippen LogP contribution in [0.2, 0.25) is 0 Å². The van der Waals surface area contributed by atoms with E-state index in [9.17, 15) is 9.90 Å². The van der Waals surface area contributed by atoms with Gasteiger partial charge in [-0.05, 0) is 26.9 Å². The number of nitrogens with one attached hydrogen (secondary N) is 1. The van der Waals surface area contributed by atoms with E-state index in [0.29, 0.717) is 13.0 Å². The summed E-state index contributed by atoms with van der Waals surface area (Å²) in [5.41, 5.74) is -0.145. The molecule has 0 saturated carbocycles. The van der Waals surface area contributed by atoms with Gasteiger partial charge in [-0.2, -0.15) is 0 Å². The topological polar surface area (TPSA) is 52.6 Å². The molecule has 0 atom stereocenters. The van der Waals surface area contributed by atoms with Crippen LogP contribution in [0.5, 0.6) is 0 Å². The molecule has 0 aliphatic rings. The highest BCUT2D eigenvalue weighted by atomic mass is 16.3. The lowest BCUT2D eigenvalue weighted by Crippen LogP contribution is -2.40. The van der Waals surface area contributed by atoms with Crippen LogP contribution in [-0.4, -0.2) is 49.7 Å². The molecule has 0 radical (unpaired) electrons. The molecule has 0 saturated heterocycles. The van der Waals surface area contributed by atoms with Crippen LogP contribution in [0.15, 0.2) is 0 Å². The Hall–Kier alpha value is -0.610. The minimum absolute atomic E-state index is 0.0634. The van der Waals surface area contributed by atoms with Gasteiger partial charge in [0.05, 0.1) is 6.61 Å². The van der Waals surface area contributed by atoms with E-state index in [0.717, 1.165) is 19.4 Å². The summed E-state index contributed by atoms with van der Waals surface area (Å²) in [6.45, 7) is 5.56. The first-order chi connectivity index (χ1) is 7.49. The van der Waals surface area contributed by atoms with Crippen molar-refractivity contribution in [1.29, 1.82) is 0 Å². The SMILES string of the molecule is CCC(CC)(CO)CNC(=O)CCN(C)C. The van der Waals surface area contributed by atoms with E-state index in [1.807, 2.05) is 32.8 Å². The van der Waals surface area contributed by atoms with Gasteiger partial charge in [-0.1, -0.05) is 13.8 Å². The second-order valence-electron chi connectivity index (χ2n) is 4.70. The van der Waals surface area contributed by atoms with Gasteiger partial charge in [-0.25, -0.2) is 0 Å². The van der Waals surface area contributed by atoms with Crippen molar-refractivity contribution >= 4 is 5.91 Å². The average molecular weight is 230 g/mol. The molecule has 96 valence electrons. The maximum Gasteiger partial charge on any atom is 0.221 e. The van der Waals surface area contributed by atoms with Gasteiger partial charge in [0.2, 0.25) is 5.91 Å². The van der Waals surface area contributed by atoms with Gasteiger partial charge >= 0.3 is 0 Å². The highest BCUT2D eigenvalue weighted by molar-refractivity contribution is 5.76. The second kappa shape index (κ2) is 7.63. The van der Waals surface area contributed by atoms with Crippen molar-refractivity contribution < 1.29 is 9.90 Å². The summed E-state index contributed by atoms with van der Waals surface area (Å²) in [6.07, 6.45) is 2.28. The number of carbonyl (C=O) groups is 1. The minimum Gasteiger partial charge on any atom is -0.396 e. The quantitative estimate of drug-likeness (QED) is 0.650. The van der Waals surface area contributed by atoms with Gasteiger partial charge in [0.1, 0.15) is 0 Å². The summed E-state index contributed by atoms with van der Waals surface area (Å²) < 4.78 is 0. The Morgan fingerprint density at radius 3 is 2.25 bits per heavy atom. The first-order valence-electron chi connectivity index (χ1n) is 6.02. The highest BCUT2D eigenvalue weighted by Gasteiger charge is 2.25. The fourth-order valence-corrected chi connectivity index (χ4v) is 1.48. The molecule has 2 N–H and O–H groups in total. The minimum atomic E-state index is -0.145. The molecule has 0 fully saturated rings. The molecule has 0 aliphatic heterocycles. The van der Waals surface area contributed by atoms with Crippen LogP contribution >= 0.6 is 0 Å². The molecular weight excluding hydrogens is 204 g/mol. The third-order valence-corrected chi connectivity index (χ3v) is 3.28. The van der Waals surface area contributed by atoms with Crippen molar-refractivity contribution in [2.45, 2.75) is 33.1 Å². The summed E-state index contributed by atoms with van der Waals surface area (Å²) in [5.74, 6) is 0.0634. The lowest BCUT2D eigenvalue weighted by atomic mass is 9.83. The van der Waals surface area contributed by atoms with Crippen LogP contribution in [0.1, 0.15) is 33.1 Å². The maximum absolute atomic E-state index is 11.5. The van der Waals surface area contributed by atoms with Gasteiger partial charge in [0.25, 0.3) is 0 Å². The second-order valence-corrected chi connectivity index (χ2v) is 4.70. The van der Waals surface area contributed by atoms with Crippen molar-refractivity contribution in [2.75, 3.05) is 33.8 Å². The maximum atomic E-state index is 11.5. The Kier molecular flexibility index (Phi) is 7.34. The molecule has 16 heavy (non-hydrogen) atoms. The van der Waals surface area contributed by atoms with E-state index in [1.54, 1.807) is 0 Å². The molecule has 0 unspecified atom stereocenters. The van der Waals surface area contributed by atoms with Crippen LogP contribution in [0.25, 0.3) is 0 Å². The van der Waals surface area contributed by atoms with Gasteiger partial charge in [0.15, 0.2) is 0 Å². The number of aliphatic hydroxyl groups excluding tert-OH is 1. The summed E-state index contributed by atoms with van der Waals surface area (Å²) in [6, 6.07) is 0. The van der Waals surface area contributed by atoms with Crippen molar-refractivity contribution in [1.82, 2.24) is 10.2 Å². The zero-order valence-corrected chi connectivity index (χ0v) is 11.0. The van der Waals surface area contributed by atoms with Crippen molar-refractivity contribution in [3.63, 3.8) is 0 Å². The average Bonchev–Trinajstić information content (AvgIpc) is 2.29. The third kappa shape index (κ3) is 5.47. The monoisotopic (exact) mass is 230 g/mol. The van der Waals surface area contributed by atoms with E-state index < -0.39 is 0 Å². The fraction of sp³-hybridized carbons (Fsp3) is 0.917. The molecule has 0 spiro atoms. The number of amides is 1. The standard InChI is InChI=1S/C12H26N2O2/c1-5-12(6-2,10-15)9-13-11(16)7-8-14(3)4/h15H,5-10H2,1-4H3,(H,13,16). The predicted octanol–water partition coefficient (Wildman–Crippen LogP) is 0.853. The molecule has 0 aromatic rings. The molecule has 4 heteroatoms. The Bertz CT molecular complexity index is 193. The van der Waals surface area contributed by atoms with E-state index in [2.05, 4.69) is 5.32 Å². The normalized spacial score (nSPS) is 11.9. The summed E-state index contributed by atoms with van der Waals surface area (Å²) in [4.78, 5) is 13.5. The Balaban J connectivity index is 3.97. The number of rotatable bonds is 8. The van der Waals surface area contributed by atoms with Crippen molar-refractivity contribution in [3.05, 3.63) is 0 Å². The predicted molar refractivity (Wildman–Crippen MR) is 66.3 cm³/mol. The zero-order valence-electron chi connectivity index (χ0n) is 11.0. The first kappa shape index (κ1) is 15.4. The Morgan fingerprint density at radius 1 is 1.31 bits per heavy atom. The van der Waals surface area contributed by atoms with Gasteiger partial charge in [-0.15, -0.1) is 0 Å². The molecule has 1 amide bonds. The number of hydrogen-bond donors (Lipinski definition) is 2. The smallest absolute Gasteiger partial charge is 0.221 e. The molecule has 0 aromatic carbocycles. The molecule has 0 aliphatic carbocycles. The molecular formula is C12H26N2O2. The van der Waals surface area contributed by atoms with Crippen LogP contribution in [0, 0.1) is 5.41 Å². The molecule has 0 aromatic heterocycles. The van der Waals surface area contributed by atoms with E-state index >= 15 is 0 Å². The van der Waals surface area contributed by atoms with Crippen LogP contribution < -0.4 is 5.32 Å². The highest BCUT2D eigenvalue weighted by Crippen LogP contribution is 2.24. The molecule has 0 heterocycles. The van der Waals surface area contributed by atoms with Crippen molar-refractivity contribution in [3.8, 4) is 0 Å². The largest absolute Gasteiger partial charge is 0.396 e. The van der Waals surface area contributed by atoms with Gasteiger partial charge in [-0.3, -0.25) is 4.79 Å². The van der Waals surface area contributed by atoms with Gasteiger partial charge < -0.3 is 15.3 Å². The fourth-order valence-electron chi connectivity index (χ4n) is 1.48. The lowest BCUT2D eigenvalue weighted by molar-refractivity contribution is -0.122.